The van der Waals surface area contributed by atoms with Gasteiger partial charge < -0.3 is 69.0 Å². The van der Waals surface area contributed by atoms with Crippen LogP contribution in [0.5, 0.6) is 0 Å². The van der Waals surface area contributed by atoms with Gasteiger partial charge in [-0.05, 0) is 78.1 Å². The normalized spacial score (nSPS) is 15.9. The number of carbonyl (C=O) groups excluding carboxylic acids is 7. The van der Waals surface area contributed by atoms with Crippen LogP contribution in [0.3, 0.4) is 0 Å². The first-order valence-electron chi connectivity index (χ1n) is 33.8. The number of H-pyrrole nitrogens is 2. The van der Waals surface area contributed by atoms with Crippen LogP contribution in [0.1, 0.15) is 209 Å². The molecule has 10 unspecified atom stereocenters. The predicted molar refractivity (Wildman–Crippen MR) is 364 cm³/mol. The van der Waals surface area contributed by atoms with Gasteiger partial charge in [-0.15, -0.1) is 0 Å². The molecule has 0 radical (unpaired) electrons. The lowest BCUT2D eigenvalue weighted by atomic mass is 10.00. The van der Waals surface area contributed by atoms with E-state index in [0.717, 1.165) is 43.5 Å². The van der Waals surface area contributed by atoms with Crippen LogP contribution in [0.15, 0.2) is 51.7 Å². The van der Waals surface area contributed by atoms with Crippen LogP contribution in [0, 0.1) is 17.2 Å². The number of nitrogens with two attached hydrogens (primary N) is 2. The van der Waals surface area contributed by atoms with Crippen LogP contribution in [-0.2, 0) is 46.4 Å². The predicted octanol–water partition coefficient (Wildman–Crippen LogP) is 4.30. The van der Waals surface area contributed by atoms with E-state index < -0.39 is 102 Å². The van der Waals surface area contributed by atoms with Gasteiger partial charge in [0.2, 0.25) is 35.4 Å². The Hall–Kier alpha value is -7.23. The molecule has 522 valence electrons. The molecule has 0 aliphatic carbocycles. The Labute approximate surface area is 551 Å². The van der Waals surface area contributed by atoms with Gasteiger partial charge in [0.15, 0.2) is 11.7 Å². The Balaban J connectivity index is 1.72. The quantitative estimate of drug-likeness (QED) is 0.0144. The molecule has 6 amide bonds. The molecule has 17 N–H and O–H groups in total. The maximum atomic E-state index is 14.3. The van der Waals surface area contributed by atoms with Crippen molar-refractivity contribution < 1.29 is 43.8 Å². The smallest absolute Gasteiger partial charge is 0.243 e. The minimum atomic E-state index is -1.57. The molecule has 2 aromatic heterocycles. The third kappa shape index (κ3) is 32.9. The van der Waals surface area contributed by atoms with Crippen molar-refractivity contribution in [1.29, 1.82) is 5.41 Å². The molecule has 27 nitrogen and oxygen atoms in total. The second-order valence-electron chi connectivity index (χ2n) is 25.4. The lowest BCUT2D eigenvalue weighted by Crippen LogP contribution is -2.62. The van der Waals surface area contributed by atoms with Crippen molar-refractivity contribution in [2.45, 2.75) is 271 Å². The van der Waals surface area contributed by atoms with Crippen molar-refractivity contribution in [2.75, 3.05) is 19.6 Å². The van der Waals surface area contributed by atoms with Crippen LogP contribution >= 0.6 is 0 Å². The monoisotopic (exact) mass is 1300 g/mol. The topological polar surface area (TPSA) is 427 Å². The summed E-state index contributed by atoms with van der Waals surface area (Å²) in [4.78, 5) is 124. The third-order valence-corrected chi connectivity index (χ3v) is 16.5. The standard InChI is InChI=1S/C66H114N18O9/c1-10-11-12-13-14-15-16-17-18-19-20-21-22-27-56(86)83-57(42(2)3)64(92)81-54(35-48-25-23-31-73-48)61(89)78-47(9)60(88)84-58(43(4)5)65(93)82-55(36-50-39-71-41-76-50)62(90)77-46(8)59(87)80-53(34-44(6)28-29-51(85)37-67)63(91)79-52(26-24-32-74-66(68)69)45(7)72-33-30-49-38-70-40-75-49/h28,37-43,46-47,52-55,57-58,61,65,67,78,82,89,93H,10-27,29-36H2,1-9H3,(H,70,75)(H,71,76)(H,77,90)(H,79,91)(H,80,87)(H,81,92)(H,83,86)(H,84,88)(H4,68,69,74)/b44-28+,67-37?,72-45?. The zero-order chi connectivity index (χ0) is 68.7. The lowest BCUT2D eigenvalue weighted by molar-refractivity contribution is -0.132. The zero-order valence-corrected chi connectivity index (χ0v) is 56.9. The van der Waals surface area contributed by atoms with Crippen LogP contribution < -0.4 is 54.0 Å². The molecule has 3 heterocycles. The Morgan fingerprint density at radius 3 is 1.82 bits per heavy atom. The first-order valence-corrected chi connectivity index (χ1v) is 33.8. The second-order valence-corrected chi connectivity index (χ2v) is 25.4. The van der Waals surface area contributed by atoms with E-state index in [2.05, 4.69) is 79.4 Å². The lowest BCUT2D eigenvalue weighted by Gasteiger charge is -2.33. The summed E-state index contributed by atoms with van der Waals surface area (Å²) in [5.74, 6) is -4.61. The van der Waals surface area contributed by atoms with Gasteiger partial charge in [-0.2, -0.15) is 0 Å². The maximum Gasteiger partial charge on any atom is 0.243 e. The molecule has 0 saturated carbocycles. The number of unbranched alkanes of at least 4 members (excludes halogenated alkanes) is 12. The fraction of sp³-hybridized carbons (Fsp3) is 0.712. The Morgan fingerprint density at radius 2 is 1.25 bits per heavy atom. The Kier molecular flexibility index (Phi) is 38.9. The fourth-order valence-electron chi connectivity index (χ4n) is 10.8. The van der Waals surface area contributed by atoms with Gasteiger partial charge >= 0.3 is 0 Å². The van der Waals surface area contributed by atoms with Crippen LogP contribution in [0.25, 0.3) is 0 Å². The molecule has 0 bridgehead atoms. The summed E-state index contributed by atoms with van der Waals surface area (Å²) in [6, 6.07) is -8.27. The highest BCUT2D eigenvalue weighted by atomic mass is 16.3. The number of hydrogen-bond donors (Lipinski definition) is 15. The van der Waals surface area contributed by atoms with E-state index in [0.29, 0.717) is 68.4 Å². The van der Waals surface area contributed by atoms with E-state index in [1.165, 1.54) is 84.2 Å². The van der Waals surface area contributed by atoms with Crippen molar-refractivity contribution in [3.8, 4) is 0 Å². The van der Waals surface area contributed by atoms with Gasteiger partial charge in [0, 0.05) is 86.9 Å². The molecule has 1 aliphatic heterocycles. The van der Waals surface area contributed by atoms with Gasteiger partial charge in [-0.3, -0.25) is 59.2 Å². The van der Waals surface area contributed by atoms with Gasteiger partial charge in [0.05, 0.1) is 49.1 Å². The van der Waals surface area contributed by atoms with E-state index in [1.807, 2.05) is 13.8 Å². The van der Waals surface area contributed by atoms with Crippen molar-refractivity contribution in [2.24, 2.45) is 38.3 Å². The summed E-state index contributed by atoms with van der Waals surface area (Å²) < 4.78 is 0. The number of nitrogens with one attached hydrogen (secondary N) is 11. The van der Waals surface area contributed by atoms with Crippen LogP contribution in [0.2, 0.25) is 0 Å². The highest BCUT2D eigenvalue weighted by Gasteiger charge is 2.35. The number of guanidine groups is 1. The number of rotatable bonds is 50. The molecule has 3 rings (SSSR count). The summed E-state index contributed by atoms with van der Waals surface area (Å²) in [7, 11) is 0. The van der Waals surface area contributed by atoms with Crippen molar-refractivity contribution in [1.82, 2.24) is 62.5 Å². The first kappa shape index (κ1) is 80.0. The zero-order valence-electron chi connectivity index (χ0n) is 56.9. The number of hydrogen-bond acceptors (Lipinski definition) is 17. The minimum absolute atomic E-state index is 0.0437. The van der Waals surface area contributed by atoms with E-state index in [1.54, 1.807) is 46.3 Å². The molecule has 0 saturated heterocycles. The summed E-state index contributed by atoms with van der Waals surface area (Å²) in [6.45, 7) is 17.2. The number of ketones is 1. The number of aliphatic imine (C=N–C) groups is 3. The SMILES string of the molecule is CCCCCCCCCCCCCCCC(=O)NC(C(=O)NC(CC1=NCCC1)C(O)NC(C)C(=O)NC(C(C)C)C(O)NC(Cc1cnc[nH]1)C(=O)NC(C)C(=O)NC(C/C(C)=C/CC(=O)C=N)C(=O)NC(CCCN=C(N)N)C(C)=NCCc1cnc[nH]1)C(C)C. The van der Waals surface area contributed by atoms with Gasteiger partial charge in [-0.1, -0.05) is 123 Å². The average molecular weight is 1300 g/mol. The number of aliphatic hydroxyl groups excluding tert-OH is 2. The minimum Gasteiger partial charge on any atom is -0.376 e. The summed E-state index contributed by atoms with van der Waals surface area (Å²) in [5.41, 5.74) is 14.5. The average Bonchev–Trinajstić information content (AvgIpc) is 2.83. The Morgan fingerprint density at radius 1 is 0.645 bits per heavy atom. The van der Waals surface area contributed by atoms with Crippen LogP contribution in [0.4, 0.5) is 0 Å². The van der Waals surface area contributed by atoms with Crippen LogP contribution in [-0.4, -0.2) is 175 Å². The number of carbonyl (C=O) groups is 7. The van der Waals surface area contributed by atoms with Crippen molar-refractivity contribution in [3.63, 3.8) is 0 Å². The summed E-state index contributed by atoms with van der Waals surface area (Å²) in [5, 5.41) is 54.1. The number of imidazole rings is 2. The van der Waals surface area contributed by atoms with E-state index >= 15 is 0 Å². The van der Waals surface area contributed by atoms with Gasteiger partial charge in [0.25, 0.3) is 0 Å². The molecule has 10 atom stereocenters. The molecular weight excluding hydrogens is 1190 g/mol. The largest absolute Gasteiger partial charge is 0.376 e. The number of aromatic nitrogens is 4. The molecule has 2 aromatic rings. The summed E-state index contributed by atoms with van der Waals surface area (Å²) >= 11 is 0. The third-order valence-electron chi connectivity index (χ3n) is 16.5. The van der Waals surface area contributed by atoms with E-state index in [9.17, 15) is 43.8 Å². The molecule has 27 heteroatoms. The molecule has 1 aliphatic rings. The Bertz CT molecular complexity index is 2680. The number of aromatic amines is 2. The van der Waals surface area contributed by atoms with E-state index in [4.69, 9.17) is 21.9 Å². The highest BCUT2D eigenvalue weighted by molar-refractivity contribution is 6.26. The van der Waals surface area contributed by atoms with Crippen molar-refractivity contribution >= 4 is 64.8 Å². The fourth-order valence-corrected chi connectivity index (χ4v) is 10.8. The number of Topliss-reactive ketones (excluding diaryl/α,β-unsaturated/α-hetero) is 1. The number of aliphatic hydroxyl groups is 2. The number of nitrogens with zero attached hydrogens (tertiary/aromatic N) is 5. The van der Waals surface area contributed by atoms with Crippen molar-refractivity contribution in [3.05, 3.63) is 48.1 Å². The molecule has 0 fully saturated rings. The maximum absolute atomic E-state index is 14.3. The molecule has 0 aromatic carbocycles. The number of allylic oxidation sites excluding steroid dienone is 1. The second kappa shape index (κ2) is 45.2. The van der Waals surface area contributed by atoms with E-state index in [-0.39, 0.29) is 50.0 Å². The molecular formula is C66H114N18O9. The first-order chi connectivity index (χ1) is 44.4. The summed E-state index contributed by atoms with van der Waals surface area (Å²) in [6.07, 6.45) is 24.1. The number of amides is 6. The molecule has 0 spiro atoms. The van der Waals surface area contributed by atoms with Gasteiger partial charge in [-0.25, -0.2) is 9.97 Å². The van der Waals surface area contributed by atoms with Gasteiger partial charge in [0.1, 0.15) is 30.6 Å². The molecule has 93 heavy (non-hydrogen) atoms. The highest BCUT2D eigenvalue weighted by Crippen LogP contribution is 2.17.